The first-order valence-corrected chi connectivity index (χ1v) is 17.7. The van der Waals surface area contributed by atoms with Crippen molar-refractivity contribution < 1.29 is 4.42 Å². The Hall–Kier alpha value is -6.97. The monoisotopic (exact) mass is 662 g/mol. The topological polar surface area (TPSA) is 31.0 Å². The Balaban J connectivity index is 1.08. The summed E-state index contributed by atoms with van der Waals surface area (Å²) in [6.45, 7) is 0. The van der Waals surface area contributed by atoms with Crippen LogP contribution in [0.2, 0.25) is 0 Å². The molecule has 0 fully saturated rings. The fourth-order valence-corrected chi connectivity index (χ4v) is 8.12. The number of fused-ring (bicyclic) bond motifs is 10. The SMILES string of the molecule is c1ccc(-c2cc(-c3ccc(-n4c5ccc6ccccc6c5c5c6ccccc6ccc54)cc3)nc(-c3ccc4c(c3)oc3ccccc34)c2)cc1. The van der Waals surface area contributed by atoms with Gasteiger partial charge >= 0.3 is 0 Å². The minimum atomic E-state index is 0.864. The van der Waals surface area contributed by atoms with E-state index in [1.54, 1.807) is 0 Å². The Morgan fingerprint density at radius 1 is 0.365 bits per heavy atom. The lowest BCUT2D eigenvalue weighted by Gasteiger charge is -2.12. The van der Waals surface area contributed by atoms with Crippen LogP contribution >= 0.6 is 0 Å². The van der Waals surface area contributed by atoms with Gasteiger partial charge in [-0.1, -0.05) is 127 Å². The van der Waals surface area contributed by atoms with Crippen LogP contribution in [0.25, 0.3) is 105 Å². The maximum atomic E-state index is 6.27. The van der Waals surface area contributed by atoms with Crippen LogP contribution in [0.1, 0.15) is 0 Å². The molecule has 242 valence electrons. The van der Waals surface area contributed by atoms with Gasteiger partial charge in [0.2, 0.25) is 0 Å². The van der Waals surface area contributed by atoms with Crippen LogP contribution in [-0.2, 0) is 0 Å². The first-order chi connectivity index (χ1) is 25.8. The highest BCUT2D eigenvalue weighted by Crippen LogP contribution is 2.41. The Kier molecular flexibility index (Phi) is 6.25. The molecule has 0 unspecified atom stereocenters. The van der Waals surface area contributed by atoms with E-state index in [2.05, 4.69) is 174 Å². The molecule has 0 amide bonds. The number of hydrogen-bond donors (Lipinski definition) is 0. The smallest absolute Gasteiger partial charge is 0.136 e. The molecule has 3 nitrogen and oxygen atoms in total. The summed E-state index contributed by atoms with van der Waals surface area (Å²) in [5.41, 5.74) is 11.5. The molecule has 0 aliphatic rings. The van der Waals surface area contributed by atoms with E-state index in [-0.39, 0.29) is 0 Å². The van der Waals surface area contributed by atoms with Crippen LogP contribution in [0.3, 0.4) is 0 Å². The minimum absolute atomic E-state index is 0.864. The molecule has 0 saturated heterocycles. The van der Waals surface area contributed by atoms with Crippen LogP contribution in [0, 0.1) is 0 Å². The van der Waals surface area contributed by atoms with E-state index in [1.807, 2.05) is 12.1 Å². The summed E-state index contributed by atoms with van der Waals surface area (Å²) in [4.78, 5) is 5.27. The third-order valence-electron chi connectivity index (χ3n) is 10.6. The lowest BCUT2D eigenvalue weighted by atomic mass is 9.99. The van der Waals surface area contributed by atoms with E-state index in [1.165, 1.54) is 43.4 Å². The molecule has 0 radical (unpaired) electrons. The molecule has 0 spiro atoms. The molecule has 8 aromatic carbocycles. The molecular weight excluding hydrogens is 633 g/mol. The number of pyridine rings is 1. The van der Waals surface area contributed by atoms with E-state index in [0.717, 1.165) is 61.3 Å². The van der Waals surface area contributed by atoms with Crippen molar-refractivity contribution in [2.24, 2.45) is 0 Å². The molecule has 3 heteroatoms. The van der Waals surface area contributed by atoms with Crippen molar-refractivity contribution in [2.75, 3.05) is 0 Å². The Labute approximate surface area is 299 Å². The summed E-state index contributed by atoms with van der Waals surface area (Å²) in [6.07, 6.45) is 0. The summed E-state index contributed by atoms with van der Waals surface area (Å²) in [7, 11) is 0. The second kappa shape index (κ2) is 11.3. The molecule has 0 bridgehead atoms. The number of rotatable bonds is 4. The van der Waals surface area contributed by atoms with Crippen molar-refractivity contribution >= 4 is 65.3 Å². The van der Waals surface area contributed by atoms with E-state index in [4.69, 9.17) is 9.40 Å². The van der Waals surface area contributed by atoms with Crippen LogP contribution in [0.5, 0.6) is 0 Å². The molecule has 11 aromatic rings. The Bertz CT molecular complexity index is 3080. The number of hydrogen-bond acceptors (Lipinski definition) is 2. The predicted octanol–water partition coefficient (Wildman–Crippen LogP) is 13.4. The number of aromatic nitrogens is 2. The summed E-state index contributed by atoms with van der Waals surface area (Å²) in [5, 5.41) is 9.85. The fourth-order valence-electron chi connectivity index (χ4n) is 8.12. The van der Waals surface area contributed by atoms with Crippen LogP contribution < -0.4 is 0 Å². The lowest BCUT2D eigenvalue weighted by Crippen LogP contribution is -1.95. The highest BCUT2D eigenvalue weighted by Gasteiger charge is 2.18. The molecule has 52 heavy (non-hydrogen) atoms. The number of furan rings is 1. The second-order valence-electron chi connectivity index (χ2n) is 13.5. The van der Waals surface area contributed by atoms with Gasteiger partial charge in [0.25, 0.3) is 0 Å². The van der Waals surface area contributed by atoms with E-state index in [9.17, 15) is 0 Å². The zero-order chi connectivity index (χ0) is 34.2. The number of para-hydroxylation sites is 1. The van der Waals surface area contributed by atoms with Gasteiger partial charge in [0, 0.05) is 38.4 Å². The van der Waals surface area contributed by atoms with Crippen molar-refractivity contribution in [1.29, 1.82) is 0 Å². The van der Waals surface area contributed by atoms with E-state index >= 15 is 0 Å². The van der Waals surface area contributed by atoms with Gasteiger partial charge in [-0.25, -0.2) is 4.98 Å². The van der Waals surface area contributed by atoms with E-state index in [0.29, 0.717) is 0 Å². The average molecular weight is 663 g/mol. The van der Waals surface area contributed by atoms with Gasteiger partial charge in [-0.2, -0.15) is 0 Å². The summed E-state index contributed by atoms with van der Waals surface area (Å²) in [6, 6.07) is 64.9. The van der Waals surface area contributed by atoms with Gasteiger partial charge < -0.3 is 8.98 Å². The van der Waals surface area contributed by atoms with Gasteiger partial charge in [0.15, 0.2) is 0 Å². The summed E-state index contributed by atoms with van der Waals surface area (Å²) >= 11 is 0. The van der Waals surface area contributed by atoms with Gasteiger partial charge in [-0.15, -0.1) is 0 Å². The van der Waals surface area contributed by atoms with Crippen molar-refractivity contribution in [3.05, 3.63) is 182 Å². The van der Waals surface area contributed by atoms with Gasteiger partial charge in [-0.3, -0.25) is 0 Å². The van der Waals surface area contributed by atoms with Crippen molar-refractivity contribution in [3.8, 4) is 39.3 Å². The number of nitrogens with zero attached hydrogens (tertiary/aromatic N) is 2. The second-order valence-corrected chi connectivity index (χ2v) is 13.5. The maximum Gasteiger partial charge on any atom is 0.136 e. The van der Waals surface area contributed by atoms with Crippen LogP contribution in [0.4, 0.5) is 0 Å². The largest absolute Gasteiger partial charge is 0.456 e. The molecule has 3 aromatic heterocycles. The quantitative estimate of drug-likeness (QED) is 0.188. The molecule has 0 N–H and O–H groups in total. The van der Waals surface area contributed by atoms with Gasteiger partial charge in [-0.05, 0) is 87.3 Å². The normalized spacial score (nSPS) is 11.8. The van der Waals surface area contributed by atoms with E-state index < -0.39 is 0 Å². The highest BCUT2D eigenvalue weighted by atomic mass is 16.3. The van der Waals surface area contributed by atoms with Gasteiger partial charge in [0.05, 0.1) is 22.4 Å². The molecule has 3 heterocycles. The third-order valence-corrected chi connectivity index (χ3v) is 10.6. The first kappa shape index (κ1) is 28.8. The zero-order valence-electron chi connectivity index (χ0n) is 28.1. The molecule has 0 atom stereocenters. The van der Waals surface area contributed by atoms with Crippen LogP contribution in [-0.4, -0.2) is 9.55 Å². The summed E-state index contributed by atoms with van der Waals surface area (Å²) in [5.74, 6) is 0. The van der Waals surface area contributed by atoms with Crippen molar-refractivity contribution in [2.45, 2.75) is 0 Å². The number of benzene rings is 8. The van der Waals surface area contributed by atoms with Crippen LogP contribution in [0.15, 0.2) is 186 Å². The lowest BCUT2D eigenvalue weighted by molar-refractivity contribution is 0.669. The average Bonchev–Trinajstić information content (AvgIpc) is 3.77. The van der Waals surface area contributed by atoms with Crippen molar-refractivity contribution in [3.63, 3.8) is 0 Å². The predicted molar refractivity (Wildman–Crippen MR) is 217 cm³/mol. The Morgan fingerprint density at radius 2 is 0.923 bits per heavy atom. The molecule has 0 aliphatic heterocycles. The molecule has 0 saturated carbocycles. The zero-order valence-corrected chi connectivity index (χ0v) is 28.1. The molecular formula is C49H30N2O. The third kappa shape index (κ3) is 4.43. The first-order valence-electron chi connectivity index (χ1n) is 17.7. The highest BCUT2D eigenvalue weighted by molar-refractivity contribution is 6.28. The Morgan fingerprint density at radius 3 is 1.62 bits per heavy atom. The standard InChI is InChI=1S/C49H30N2O/c1-2-10-31(11-3-1)36-28-42(50-43(29-36)35-20-25-41-40-16-8-9-17-46(40)52-47(41)30-35)34-18-23-37(24-19-34)51-44-26-21-32-12-4-6-14-38(32)48(44)49-39-15-7-5-13-33(39)22-27-45(49)51/h1-30H. The maximum absolute atomic E-state index is 6.27. The fraction of sp³-hybridized carbons (Fsp3) is 0. The molecule has 11 rings (SSSR count). The van der Waals surface area contributed by atoms with Gasteiger partial charge in [0.1, 0.15) is 11.2 Å². The molecule has 0 aliphatic carbocycles. The summed E-state index contributed by atoms with van der Waals surface area (Å²) < 4.78 is 8.68. The minimum Gasteiger partial charge on any atom is -0.456 e. The van der Waals surface area contributed by atoms with Crippen molar-refractivity contribution in [1.82, 2.24) is 9.55 Å².